The smallest absolute Gasteiger partial charge is 0.179 e. The van der Waals surface area contributed by atoms with Gasteiger partial charge in [-0.1, -0.05) is 11.6 Å². The van der Waals surface area contributed by atoms with Crippen LogP contribution >= 0.6 is 11.6 Å². The highest BCUT2D eigenvalue weighted by atomic mass is 35.5. The van der Waals surface area contributed by atoms with Gasteiger partial charge in [0.15, 0.2) is 11.5 Å². The van der Waals surface area contributed by atoms with Gasteiger partial charge in [0.05, 0.1) is 25.4 Å². The fraction of sp³-hybridized carbons (Fsp3) is 0.214. The SMILES string of the molecule is COc1cc(C(O)c2ccncc2F)cc(Cl)c1OC. The van der Waals surface area contributed by atoms with Crippen molar-refractivity contribution < 1.29 is 19.0 Å². The van der Waals surface area contributed by atoms with E-state index in [1.54, 1.807) is 6.07 Å². The molecule has 0 saturated heterocycles. The molecule has 0 saturated carbocycles. The lowest BCUT2D eigenvalue weighted by atomic mass is 10.0. The van der Waals surface area contributed by atoms with Gasteiger partial charge in [-0.3, -0.25) is 4.98 Å². The first-order chi connectivity index (χ1) is 9.58. The average Bonchev–Trinajstić information content (AvgIpc) is 2.46. The number of hydrogen-bond donors (Lipinski definition) is 1. The minimum absolute atomic E-state index is 0.114. The van der Waals surface area contributed by atoms with E-state index in [9.17, 15) is 9.50 Å². The molecule has 2 aromatic rings. The molecular weight excluding hydrogens is 285 g/mol. The van der Waals surface area contributed by atoms with Crippen LogP contribution in [-0.2, 0) is 0 Å². The molecule has 1 aromatic heterocycles. The average molecular weight is 298 g/mol. The van der Waals surface area contributed by atoms with Crippen molar-refractivity contribution in [2.45, 2.75) is 6.10 Å². The van der Waals surface area contributed by atoms with Crippen LogP contribution in [0.3, 0.4) is 0 Å². The molecule has 106 valence electrons. The number of aromatic nitrogens is 1. The quantitative estimate of drug-likeness (QED) is 0.942. The van der Waals surface area contributed by atoms with Crippen LogP contribution in [0.2, 0.25) is 5.02 Å². The molecular formula is C14H13ClFNO3. The Labute approximate surface area is 120 Å². The minimum atomic E-state index is -1.17. The number of rotatable bonds is 4. The van der Waals surface area contributed by atoms with E-state index in [4.69, 9.17) is 21.1 Å². The van der Waals surface area contributed by atoms with E-state index in [0.717, 1.165) is 6.20 Å². The number of hydrogen-bond acceptors (Lipinski definition) is 4. The molecule has 6 heteroatoms. The van der Waals surface area contributed by atoms with Crippen molar-refractivity contribution in [2.24, 2.45) is 0 Å². The fourth-order valence-corrected chi connectivity index (χ4v) is 2.18. The fourth-order valence-electron chi connectivity index (χ4n) is 1.88. The van der Waals surface area contributed by atoms with E-state index in [0.29, 0.717) is 17.1 Å². The molecule has 0 spiro atoms. The van der Waals surface area contributed by atoms with E-state index in [2.05, 4.69) is 4.98 Å². The second kappa shape index (κ2) is 6.07. The summed E-state index contributed by atoms with van der Waals surface area (Å²) in [6.45, 7) is 0. The lowest BCUT2D eigenvalue weighted by molar-refractivity contribution is 0.214. The van der Waals surface area contributed by atoms with Crippen LogP contribution in [0.15, 0.2) is 30.6 Å². The van der Waals surface area contributed by atoms with Gasteiger partial charge < -0.3 is 14.6 Å². The molecule has 1 atom stereocenters. The molecule has 0 aliphatic heterocycles. The van der Waals surface area contributed by atoms with Crippen LogP contribution in [0.5, 0.6) is 11.5 Å². The Morgan fingerprint density at radius 2 is 2.05 bits per heavy atom. The van der Waals surface area contributed by atoms with Gasteiger partial charge in [0.1, 0.15) is 11.9 Å². The number of halogens is 2. The molecule has 4 nitrogen and oxygen atoms in total. The number of aliphatic hydroxyl groups excluding tert-OH is 1. The highest BCUT2D eigenvalue weighted by Crippen LogP contribution is 2.38. The van der Waals surface area contributed by atoms with Crippen LogP contribution < -0.4 is 9.47 Å². The van der Waals surface area contributed by atoms with E-state index in [-0.39, 0.29) is 10.6 Å². The van der Waals surface area contributed by atoms with Crippen molar-refractivity contribution in [1.29, 1.82) is 0 Å². The van der Waals surface area contributed by atoms with E-state index in [1.165, 1.54) is 32.5 Å². The Morgan fingerprint density at radius 1 is 1.30 bits per heavy atom. The predicted octanol–water partition coefficient (Wildman–Crippen LogP) is 2.97. The summed E-state index contributed by atoms with van der Waals surface area (Å²) in [5, 5.41) is 10.5. The first-order valence-corrected chi connectivity index (χ1v) is 6.15. The minimum Gasteiger partial charge on any atom is -0.493 e. The molecule has 1 N–H and O–H groups in total. The summed E-state index contributed by atoms with van der Waals surface area (Å²) in [6, 6.07) is 4.47. The predicted molar refractivity (Wildman–Crippen MR) is 72.8 cm³/mol. The first-order valence-electron chi connectivity index (χ1n) is 5.77. The summed E-state index contributed by atoms with van der Waals surface area (Å²) in [7, 11) is 2.92. The zero-order chi connectivity index (χ0) is 14.7. The van der Waals surface area contributed by atoms with Gasteiger partial charge in [-0.25, -0.2) is 4.39 Å². The standard InChI is InChI=1S/C14H13ClFNO3/c1-19-12-6-8(5-10(15)14(12)20-2)13(18)9-3-4-17-7-11(9)16/h3-7,13,18H,1-2H3. The number of benzene rings is 1. The van der Waals surface area contributed by atoms with Crippen molar-refractivity contribution in [3.05, 3.63) is 52.6 Å². The van der Waals surface area contributed by atoms with Gasteiger partial charge in [0.25, 0.3) is 0 Å². The lowest BCUT2D eigenvalue weighted by Gasteiger charge is -2.16. The molecule has 0 bridgehead atoms. The van der Waals surface area contributed by atoms with Crippen molar-refractivity contribution in [3.8, 4) is 11.5 Å². The van der Waals surface area contributed by atoms with Crippen molar-refractivity contribution in [2.75, 3.05) is 14.2 Å². The Balaban J connectivity index is 2.48. The number of pyridine rings is 1. The summed E-state index contributed by atoms with van der Waals surface area (Å²) in [6.07, 6.45) is 1.28. The topological polar surface area (TPSA) is 51.6 Å². The molecule has 1 heterocycles. The zero-order valence-electron chi connectivity index (χ0n) is 10.9. The first kappa shape index (κ1) is 14.6. The number of ether oxygens (including phenoxy) is 2. The molecule has 0 fully saturated rings. The van der Waals surface area contributed by atoms with Gasteiger partial charge in [-0.2, -0.15) is 0 Å². The molecule has 1 aromatic carbocycles. The molecule has 0 radical (unpaired) electrons. The Kier molecular flexibility index (Phi) is 4.42. The Hall–Kier alpha value is -1.85. The summed E-state index contributed by atoms with van der Waals surface area (Å²) in [4.78, 5) is 3.64. The highest BCUT2D eigenvalue weighted by molar-refractivity contribution is 6.32. The maximum absolute atomic E-state index is 13.6. The number of methoxy groups -OCH3 is 2. The maximum Gasteiger partial charge on any atom is 0.179 e. The summed E-state index contributed by atoms with van der Waals surface area (Å²) < 4.78 is 23.9. The Bertz CT molecular complexity index is 621. The van der Waals surface area contributed by atoms with Gasteiger partial charge in [0.2, 0.25) is 0 Å². The molecule has 2 rings (SSSR count). The second-order valence-electron chi connectivity index (χ2n) is 4.04. The third-order valence-corrected chi connectivity index (χ3v) is 3.15. The van der Waals surface area contributed by atoms with Crippen LogP contribution in [-0.4, -0.2) is 24.3 Å². The van der Waals surface area contributed by atoms with Crippen LogP contribution in [0.1, 0.15) is 17.2 Å². The maximum atomic E-state index is 13.6. The Morgan fingerprint density at radius 3 is 2.65 bits per heavy atom. The van der Waals surface area contributed by atoms with Gasteiger partial charge in [0, 0.05) is 11.8 Å². The highest BCUT2D eigenvalue weighted by Gasteiger charge is 2.19. The molecule has 0 amide bonds. The summed E-state index contributed by atoms with van der Waals surface area (Å²) in [5.74, 6) is 0.134. The van der Waals surface area contributed by atoms with E-state index >= 15 is 0 Å². The van der Waals surface area contributed by atoms with Crippen molar-refractivity contribution in [1.82, 2.24) is 4.98 Å². The van der Waals surface area contributed by atoms with Crippen molar-refractivity contribution in [3.63, 3.8) is 0 Å². The van der Waals surface area contributed by atoms with Crippen LogP contribution in [0, 0.1) is 5.82 Å². The van der Waals surface area contributed by atoms with Crippen LogP contribution in [0.4, 0.5) is 4.39 Å². The zero-order valence-corrected chi connectivity index (χ0v) is 11.7. The second-order valence-corrected chi connectivity index (χ2v) is 4.45. The summed E-state index contributed by atoms with van der Waals surface area (Å²) in [5.41, 5.74) is 0.515. The largest absolute Gasteiger partial charge is 0.493 e. The van der Waals surface area contributed by atoms with Crippen molar-refractivity contribution >= 4 is 11.6 Å². The van der Waals surface area contributed by atoms with Gasteiger partial charge in [-0.15, -0.1) is 0 Å². The normalized spacial score (nSPS) is 12.1. The molecule has 0 aliphatic rings. The number of nitrogens with zero attached hydrogens (tertiary/aromatic N) is 1. The molecule has 0 aliphatic carbocycles. The van der Waals surface area contributed by atoms with E-state index < -0.39 is 11.9 Å². The monoisotopic (exact) mass is 297 g/mol. The number of aliphatic hydroxyl groups is 1. The van der Waals surface area contributed by atoms with Crippen LogP contribution in [0.25, 0.3) is 0 Å². The van der Waals surface area contributed by atoms with Gasteiger partial charge in [-0.05, 0) is 23.8 Å². The molecule has 20 heavy (non-hydrogen) atoms. The third kappa shape index (κ3) is 2.69. The molecule has 1 unspecified atom stereocenters. The lowest BCUT2D eigenvalue weighted by Crippen LogP contribution is -2.04. The van der Waals surface area contributed by atoms with Gasteiger partial charge >= 0.3 is 0 Å². The van der Waals surface area contributed by atoms with E-state index in [1.807, 2.05) is 0 Å². The summed E-state index contributed by atoms with van der Waals surface area (Å²) >= 11 is 6.06. The third-order valence-electron chi connectivity index (χ3n) is 2.87.